The fourth-order valence-electron chi connectivity index (χ4n) is 6.37. The van der Waals surface area contributed by atoms with Crippen molar-refractivity contribution >= 4 is 35.0 Å². The number of rotatable bonds is 8. The number of amides is 2. The van der Waals surface area contributed by atoms with Crippen LogP contribution in [0.3, 0.4) is 0 Å². The molecule has 1 aromatic carbocycles. The second kappa shape index (κ2) is 12.4. The molecule has 2 amide bonds. The van der Waals surface area contributed by atoms with Crippen LogP contribution in [0.4, 0.5) is 0 Å². The summed E-state index contributed by atoms with van der Waals surface area (Å²) in [5.74, 6) is 0.211. The third-order valence-corrected chi connectivity index (χ3v) is 9.25. The minimum Gasteiger partial charge on any atom is -0.365 e. The molecule has 2 aliphatic heterocycles. The van der Waals surface area contributed by atoms with Gasteiger partial charge in [0.05, 0.1) is 15.0 Å². The number of fused-ring (bicyclic) bond motifs is 1. The number of hydrogen-bond acceptors (Lipinski definition) is 6. The third-order valence-electron chi connectivity index (χ3n) is 8.52. The van der Waals surface area contributed by atoms with E-state index in [1.165, 1.54) is 0 Å². The number of nitro groups is 1. The van der Waals surface area contributed by atoms with E-state index in [1.807, 2.05) is 19.0 Å². The van der Waals surface area contributed by atoms with E-state index in [-0.39, 0.29) is 23.6 Å². The molecule has 1 saturated carbocycles. The van der Waals surface area contributed by atoms with Crippen LogP contribution in [0.1, 0.15) is 49.9 Å². The van der Waals surface area contributed by atoms with E-state index in [9.17, 15) is 19.7 Å². The van der Waals surface area contributed by atoms with E-state index in [1.54, 1.807) is 28.0 Å². The molecule has 1 aliphatic carbocycles. The summed E-state index contributed by atoms with van der Waals surface area (Å²) in [7, 11) is 3.97. The molecule has 0 aromatic heterocycles. The van der Waals surface area contributed by atoms with Gasteiger partial charge in [-0.25, -0.2) is 0 Å². The van der Waals surface area contributed by atoms with Crippen molar-refractivity contribution in [3.05, 3.63) is 55.3 Å². The molecule has 0 radical (unpaired) electrons. The van der Waals surface area contributed by atoms with Crippen LogP contribution in [0.25, 0.3) is 0 Å². The molecule has 2 unspecified atom stereocenters. The molecule has 2 fully saturated rings. The van der Waals surface area contributed by atoms with Gasteiger partial charge in [0.15, 0.2) is 0 Å². The van der Waals surface area contributed by atoms with Gasteiger partial charge >= 0.3 is 11.6 Å². The average Bonchev–Trinajstić information content (AvgIpc) is 2.90. The molecule has 214 valence electrons. The highest BCUT2D eigenvalue weighted by Gasteiger charge is 2.51. The molecule has 2 heterocycles. The predicted octanol–water partition coefficient (Wildman–Crippen LogP) is 4.47. The van der Waals surface area contributed by atoms with E-state index in [2.05, 4.69) is 18.7 Å². The largest absolute Gasteiger partial charge is 0.365 e. The van der Waals surface area contributed by atoms with Gasteiger partial charge < -0.3 is 19.6 Å². The first-order valence-corrected chi connectivity index (χ1v) is 14.6. The smallest absolute Gasteiger partial charge is 0.352 e. The summed E-state index contributed by atoms with van der Waals surface area (Å²) in [6.07, 6.45) is 3.47. The monoisotopic (exact) mass is 579 g/mol. The van der Waals surface area contributed by atoms with Crippen LogP contribution in [-0.2, 0) is 4.79 Å². The molecule has 0 N–H and O–H groups in total. The van der Waals surface area contributed by atoms with Gasteiger partial charge in [-0.3, -0.25) is 19.7 Å². The summed E-state index contributed by atoms with van der Waals surface area (Å²) >= 11 is 12.1. The molecule has 11 heteroatoms. The Labute approximate surface area is 240 Å². The van der Waals surface area contributed by atoms with Crippen LogP contribution in [0.5, 0.6) is 0 Å². The van der Waals surface area contributed by atoms with E-state index in [0.717, 1.165) is 32.2 Å². The fourth-order valence-corrected chi connectivity index (χ4v) is 6.67. The number of nitrogens with zero attached hydrogens (tertiary/aromatic N) is 5. The van der Waals surface area contributed by atoms with Gasteiger partial charge in [0, 0.05) is 50.2 Å². The second-order valence-corrected chi connectivity index (χ2v) is 12.4. The average molecular weight is 581 g/mol. The summed E-state index contributed by atoms with van der Waals surface area (Å²) in [6.45, 7) is 7.42. The zero-order valence-electron chi connectivity index (χ0n) is 23.2. The maximum Gasteiger partial charge on any atom is 0.352 e. The van der Waals surface area contributed by atoms with Crippen molar-refractivity contribution in [3.8, 4) is 0 Å². The van der Waals surface area contributed by atoms with Gasteiger partial charge in [0.2, 0.25) is 0 Å². The molecule has 4 rings (SSSR count). The normalized spacial score (nSPS) is 24.1. The highest BCUT2D eigenvalue weighted by molar-refractivity contribution is 6.42. The van der Waals surface area contributed by atoms with Gasteiger partial charge in [-0.05, 0) is 76.4 Å². The van der Waals surface area contributed by atoms with Crippen LogP contribution in [0.2, 0.25) is 10.0 Å². The number of piperazine rings is 1. The number of halogens is 2. The molecular weight excluding hydrogens is 541 g/mol. The van der Waals surface area contributed by atoms with Crippen LogP contribution in [-0.4, -0.2) is 95.7 Å². The molecule has 1 saturated heterocycles. The van der Waals surface area contributed by atoms with Gasteiger partial charge in [0.25, 0.3) is 5.91 Å². The van der Waals surface area contributed by atoms with Crippen LogP contribution < -0.4 is 0 Å². The molecule has 39 heavy (non-hydrogen) atoms. The maximum atomic E-state index is 13.7. The summed E-state index contributed by atoms with van der Waals surface area (Å²) in [5.41, 5.74) is 0.747. The summed E-state index contributed by atoms with van der Waals surface area (Å²) in [5, 5.41) is 13.1. The van der Waals surface area contributed by atoms with E-state index in [0.29, 0.717) is 65.9 Å². The molecule has 3 atom stereocenters. The molecule has 1 aromatic rings. The third kappa shape index (κ3) is 6.36. The topological polar surface area (TPSA) is 90.2 Å². The van der Waals surface area contributed by atoms with E-state index in [4.69, 9.17) is 23.2 Å². The van der Waals surface area contributed by atoms with Crippen LogP contribution in [0.15, 0.2) is 29.6 Å². The highest BCUT2D eigenvalue weighted by Crippen LogP contribution is 2.45. The second-order valence-electron chi connectivity index (χ2n) is 11.5. The standard InChI is InChI=1S/C28H39Cl2N5O4/c1-18(2)19-7-9-24-21(16-19)25(26(35(38)39)28(37)34(24)11-5-10-31(3)4)32-12-14-33(15-13-32)27(36)20-6-8-22(29)23(30)17-20/h6,8,17-19,21,24H,5,7,9-16H2,1-4H3/t19-,21?,24?/m0/s1. The molecular formula is C28H39Cl2N5O4. The Morgan fingerprint density at radius 2 is 1.82 bits per heavy atom. The summed E-state index contributed by atoms with van der Waals surface area (Å²) < 4.78 is 0. The van der Waals surface area contributed by atoms with Crippen molar-refractivity contribution in [3.63, 3.8) is 0 Å². The predicted molar refractivity (Wildman–Crippen MR) is 152 cm³/mol. The van der Waals surface area contributed by atoms with Gasteiger partial charge in [-0.1, -0.05) is 37.0 Å². The number of benzene rings is 1. The number of hydrogen-bond donors (Lipinski definition) is 0. The van der Waals surface area contributed by atoms with Crippen molar-refractivity contribution in [1.82, 2.24) is 19.6 Å². The van der Waals surface area contributed by atoms with Crippen molar-refractivity contribution in [1.29, 1.82) is 0 Å². The highest BCUT2D eigenvalue weighted by atomic mass is 35.5. The summed E-state index contributed by atoms with van der Waals surface area (Å²) in [6, 6.07) is 4.78. The van der Waals surface area contributed by atoms with Crippen molar-refractivity contribution < 1.29 is 14.5 Å². The van der Waals surface area contributed by atoms with Crippen molar-refractivity contribution in [2.24, 2.45) is 17.8 Å². The minimum absolute atomic E-state index is 0.0377. The zero-order chi connectivity index (χ0) is 28.4. The lowest BCUT2D eigenvalue weighted by Crippen LogP contribution is -2.58. The molecule has 3 aliphatic rings. The minimum atomic E-state index is -0.473. The van der Waals surface area contributed by atoms with Gasteiger partial charge in [-0.15, -0.1) is 0 Å². The number of carbonyl (C=O) groups excluding carboxylic acids is 2. The number of carbonyl (C=O) groups is 2. The first-order chi connectivity index (χ1) is 18.5. The first kappa shape index (κ1) is 29.6. The van der Waals surface area contributed by atoms with Gasteiger partial charge in [0.1, 0.15) is 5.70 Å². The Morgan fingerprint density at radius 1 is 1.13 bits per heavy atom. The quantitative estimate of drug-likeness (QED) is 0.333. The zero-order valence-corrected chi connectivity index (χ0v) is 24.7. The Hall–Kier alpha value is -2.36. The lowest BCUT2D eigenvalue weighted by molar-refractivity contribution is -0.424. The molecule has 0 spiro atoms. The SMILES string of the molecule is CC(C)[C@H]1CCC2C(C1)C(N1CCN(C(=O)c3ccc(Cl)c(Cl)c3)CC1)=C([N+](=O)[O-])C(=O)N2CCCN(C)C. The van der Waals surface area contributed by atoms with E-state index >= 15 is 0 Å². The van der Waals surface area contributed by atoms with Crippen molar-refractivity contribution in [2.45, 2.75) is 45.6 Å². The Bertz CT molecular complexity index is 1130. The Balaban J connectivity index is 1.60. The van der Waals surface area contributed by atoms with Crippen LogP contribution >= 0.6 is 23.2 Å². The lowest BCUT2D eigenvalue weighted by Gasteiger charge is -2.49. The maximum absolute atomic E-state index is 13.7. The Kier molecular flexibility index (Phi) is 9.45. The fraction of sp³-hybridized carbons (Fsp3) is 0.643. The first-order valence-electron chi connectivity index (χ1n) is 13.8. The van der Waals surface area contributed by atoms with Gasteiger partial charge in [-0.2, -0.15) is 0 Å². The Morgan fingerprint density at radius 3 is 2.41 bits per heavy atom. The summed E-state index contributed by atoms with van der Waals surface area (Å²) in [4.78, 5) is 46.4. The van der Waals surface area contributed by atoms with Crippen LogP contribution in [0, 0.1) is 27.9 Å². The van der Waals surface area contributed by atoms with E-state index < -0.39 is 10.8 Å². The lowest BCUT2D eigenvalue weighted by atomic mass is 9.70. The molecule has 9 nitrogen and oxygen atoms in total. The molecule has 0 bridgehead atoms. The van der Waals surface area contributed by atoms with Crippen molar-refractivity contribution in [2.75, 3.05) is 53.4 Å².